The van der Waals surface area contributed by atoms with Gasteiger partial charge in [0.1, 0.15) is 6.33 Å². The summed E-state index contributed by atoms with van der Waals surface area (Å²) in [5.74, 6) is -0.176. The number of amides is 2. The molecule has 0 saturated carbocycles. The molecule has 6 rings (SSSR count). The summed E-state index contributed by atoms with van der Waals surface area (Å²) >= 11 is 0. The highest BCUT2D eigenvalue weighted by Crippen LogP contribution is 2.33. The summed E-state index contributed by atoms with van der Waals surface area (Å²) in [6.07, 6.45) is 11.7. The summed E-state index contributed by atoms with van der Waals surface area (Å²) in [5, 5.41) is 5.42. The molecule has 0 spiro atoms. The van der Waals surface area contributed by atoms with Crippen LogP contribution >= 0.6 is 0 Å². The van der Waals surface area contributed by atoms with Crippen molar-refractivity contribution < 1.29 is 9.59 Å². The van der Waals surface area contributed by atoms with E-state index in [1.807, 2.05) is 48.6 Å². The molecule has 1 N–H and O–H groups in total. The van der Waals surface area contributed by atoms with Crippen molar-refractivity contribution in [1.82, 2.24) is 25.2 Å². The number of carbonyl (C=O) groups is 2. The van der Waals surface area contributed by atoms with Crippen LogP contribution in [-0.4, -0.2) is 57.8 Å². The van der Waals surface area contributed by atoms with Crippen LogP contribution in [0.3, 0.4) is 0 Å². The van der Waals surface area contributed by atoms with Crippen molar-refractivity contribution in [2.24, 2.45) is 0 Å². The van der Waals surface area contributed by atoms with Gasteiger partial charge in [0.05, 0.1) is 11.6 Å². The first kappa shape index (κ1) is 24.0. The van der Waals surface area contributed by atoms with E-state index in [4.69, 9.17) is 0 Å². The van der Waals surface area contributed by atoms with E-state index in [1.54, 1.807) is 0 Å². The number of fused-ring (bicyclic) bond motifs is 2. The van der Waals surface area contributed by atoms with Gasteiger partial charge in [-0.2, -0.15) is 0 Å². The van der Waals surface area contributed by atoms with Crippen LogP contribution in [0, 0.1) is 0 Å². The smallest absolute Gasteiger partial charge is 0.254 e. The first-order valence-corrected chi connectivity index (χ1v) is 13.1. The second-order valence-corrected chi connectivity index (χ2v) is 10.1. The van der Waals surface area contributed by atoms with Gasteiger partial charge in [-0.1, -0.05) is 12.1 Å². The predicted octanol–water partition coefficient (Wildman–Crippen LogP) is 4.18. The highest BCUT2D eigenvalue weighted by atomic mass is 16.2. The van der Waals surface area contributed by atoms with Gasteiger partial charge < -0.3 is 15.1 Å². The molecule has 0 radical (unpaired) electrons. The summed E-state index contributed by atoms with van der Waals surface area (Å²) < 4.78 is 0. The van der Waals surface area contributed by atoms with Gasteiger partial charge in [-0.15, -0.1) is 0 Å². The largest absolute Gasteiger partial charge is 0.371 e. The number of aromatic nitrogens is 3. The van der Waals surface area contributed by atoms with Gasteiger partial charge >= 0.3 is 0 Å². The molecule has 38 heavy (non-hydrogen) atoms. The fourth-order valence-corrected chi connectivity index (χ4v) is 5.69. The van der Waals surface area contributed by atoms with E-state index in [2.05, 4.69) is 43.4 Å². The number of hydrogen-bond acceptors (Lipinski definition) is 6. The first-order valence-electron chi connectivity index (χ1n) is 13.1. The number of pyridine rings is 1. The Morgan fingerprint density at radius 2 is 1.71 bits per heavy atom. The predicted molar refractivity (Wildman–Crippen MR) is 146 cm³/mol. The van der Waals surface area contributed by atoms with E-state index in [-0.39, 0.29) is 23.9 Å². The van der Waals surface area contributed by atoms with Crippen LogP contribution in [0.4, 0.5) is 5.69 Å². The maximum atomic E-state index is 13.5. The first-order chi connectivity index (χ1) is 18.6. The topological polar surface area (TPSA) is 91.3 Å². The second kappa shape index (κ2) is 10.2. The fraction of sp³-hybridized carbons (Fsp3) is 0.300. The monoisotopic (exact) mass is 506 g/mol. The minimum Gasteiger partial charge on any atom is -0.371 e. The molecule has 0 bridgehead atoms. The molecule has 2 amide bonds. The third kappa shape index (κ3) is 4.69. The van der Waals surface area contributed by atoms with Crippen LogP contribution in [0.25, 0.3) is 10.8 Å². The minimum atomic E-state index is -0.202. The van der Waals surface area contributed by atoms with E-state index in [1.165, 1.54) is 35.4 Å². The van der Waals surface area contributed by atoms with E-state index in [9.17, 15) is 9.59 Å². The maximum Gasteiger partial charge on any atom is 0.254 e. The minimum absolute atomic E-state index is 0.0258. The van der Waals surface area contributed by atoms with Crippen molar-refractivity contribution in [2.75, 3.05) is 25.0 Å². The van der Waals surface area contributed by atoms with Gasteiger partial charge in [0.25, 0.3) is 11.8 Å². The zero-order valence-corrected chi connectivity index (χ0v) is 21.4. The SMILES string of the molecule is CN(C(=O)c1ccc2c(c1)C(NC(=O)c1cncnc1)CC2)C1CCN(c2ccc3cnccc3c2)CC1. The van der Waals surface area contributed by atoms with Crippen molar-refractivity contribution in [3.8, 4) is 0 Å². The van der Waals surface area contributed by atoms with Crippen LogP contribution in [0.2, 0.25) is 0 Å². The molecule has 1 saturated heterocycles. The molecule has 2 aliphatic rings. The average molecular weight is 507 g/mol. The highest BCUT2D eigenvalue weighted by Gasteiger charge is 2.29. The zero-order chi connectivity index (χ0) is 26.1. The summed E-state index contributed by atoms with van der Waals surface area (Å²) in [7, 11) is 1.91. The third-order valence-electron chi connectivity index (χ3n) is 7.92. The Morgan fingerprint density at radius 1 is 0.895 bits per heavy atom. The van der Waals surface area contributed by atoms with Crippen molar-refractivity contribution in [2.45, 2.75) is 37.8 Å². The number of carbonyl (C=O) groups excluding carboxylic acids is 2. The second-order valence-electron chi connectivity index (χ2n) is 10.1. The average Bonchev–Trinajstić information content (AvgIpc) is 3.38. The lowest BCUT2D eigenvalue weighted by Crippen LogP contribution is -2.45. The van der Waals surface area contributed by atoms with E-state index >= 15 is 0 Å². The van der Waals surface area contributed by atoms with Crippen LogP contribution in [0.5, 0.6) is 0 Å². The number of benzene rings is 2. The van der Waals surface area contributed by atoms with Gasteiger partial charge in [-0.25, -0.2) is 9.97 Å². The molecule has 1 aliphatic heterocycles. The molecule has 1 fully saturated rings. The molecule has 2 aromatic carbocycles. The standard InChI is InChI=1S/C30H30N6O2/c1-35(25-9-12-36(13-10-25)26-6-4-23-16-31-11-8-21(23)14-26)30(38)22-3-2-20-5-7-28(27(20)15-22)34-29(37)24-17-32-19-33-18-24/h2-4,6,8,11,14-19,25,28H,5,7,9-10,12-13H2,1H3,(H,34,37). The molecule has 8 heteroatoms. The van der Waals surface area contributed by atoms with Gasteiger partial charge in [0, 0.05) is 67.6 Å². The fourth-order valence-electron chi connectivity index (χ4n) is 5.69. The molecule has 192 valence electrons. The van der Waals surface area contributed by atoms with Crippen molar-refractivity contribution >= 4 is 28.3 Å². The van der Waals surface area contributed by atoms with Crippen LogP contribution in [0.15, 0.2) is 73.6 Å². The van der Waals surface area contributed by atoms with Crippen LogP contribution in [0.1, 0.15) is 57.1 Å². The van der Waals surface area contributed by atoms with Crippen molar-refractivity contribution in [3.05, 3.63) is 95.8 Å². The Bertz CT molecular complexity index is 1480. The number of hydrogen-bond donors (Lipinski definition) is 1. The van der Waals surface area contributed by atoms with E-state index < -0.39 is 0 Å². The summed E-state index contributed by atoms with van der Waals surface area (Å²) in [5.41, 5.74) is 4.51. The molecule has 1 atom stereocenters. The quantitative estimate of drug-likeness (QED) is 0.437. The molecule has 4 aromatic rings. The normalized spacial score (nSPS) is 17.3. The Balaban J connectivity index is 1.11. The van der Waals surface area contributed by atoms with Crippen molar-refractivity contribution in [3.63, 3.8) is 0 Å². The summed E-state index contributed by atoms with van der Waals surface area (Å²) in [4.78, 5) is 42.5. The molecular formula is C30H30N6O2. The summed E-state index contributed by atoms with van der Waals surface area (Å²) in [6, 6.07) is 14.5. The van der Waals surface area contributed by atoms with Crippen LogP contribution < -0.4 is 10.2 Å². The number of rotatable bonds is 5. The van der Waals surface area contributed by atoms with Gasteiger partial charge in [0.15, 0.2) is 0 Å². The van der Waals surface area contributed by atoms with E-state index in [0.29, 0.717) is 11.1 Å². The molecule has 1 aliphatic carbocycles. The molecule has 3 heterocycles. The molecular weight excluding hydrogens is 476 g/mol. The number of anilines is 1. The lowest BCUT2D eigenvalue weighted by atomic mass is 9.99. The highest BCUT2D eigenvalue weighted by molar-refractivity contribution is 5.95. The Labute approximate surface area is 221 Å². The van der Waals surface area contributed by atoms with Crippen molar-refractivity contribution in [1.29, 1.82) is 0 Å². The Morgan fingerprint density at radius 3 is 2.53 bits per heavy atom. The summed E-state index contributed by atoms with van der Waals surface area (Å²) in [6.45, 7) is 1.81. The Kier molecular flexibility index (Phi) is 6.45. The third-order valence-corrected chi connectivity index (χ3v) is 7.92. The molecule has 1 unspecified atom stereocenters. The lowest BCUT2D eigenvalue weighted by Gasteiger charge is -2.38. The number of aryl methyl sites for hydroxylation is 1. The molecule has 2 aromatic heterocycles. The Hall–Kier alpha value is -4.33. The lowest BCUT2D eigenvalue weighted by molar-refractivity contribution is 0.0709. The maximum absolute atomic E-state index is 13.5. The number of piperidine rings is 1. The van der Waals surface area contributed by atoms with Gasteiger partial charge in [-0.3, -0.25) is 14.6 Å². The van der Waals surface area contributed by atoms with Crippen LogP contribution in [-0.2, 0) is 6.42 Å². The van der Waals surface area contributed by atoms with Gasteiger partial charge in [0.2, 0.25) is 0 Å². The number of nitrogens with one attached hydrogen (secondary N) is 1. The van der Waals surface area contributed by atoms with E-state index in [0.717, 1.165) is 49.7 Å². The number of nitrogens with zero attached hydrogens (tertiary/aromatic N) is 5. The molecule has 8 nitrogen and oxygen atoms in total. The van der Waals surface area contributed by atoms with Gasteiger partial charge in [-0.05, 0) is 72.5 Å². The zero-order valence-electron chi connectivity index (χ0n) is 21.4.